The lowest BCUT2D eigenvalue weighted by atomic mass is 9.93. The highest BCUT2D eigenvalue weighted by Gasteiger charge is 2.36. The van der Waals surface area contributed by atoms with E-state index >= 15 is 0 Å². The molecule has 0 aliphatic carbocycles. The fraction of sp³-hybridized carbons (Fsp3) is 0.438. The first-order valence-electron chi connectivity index (χ1n) is 7.60. The average molecular weight is 319 g/mol. The van der Waals surface area contributed by atoms with Crippen molar-refractivity contribution in [1.82, 2.24) is 9.29 Å². The van der Waals surface area contributed by atoms with Gasteiger partial charge in [0.25, 0.3) is 0 Å². The summed E-state index contributed by atoms with van der Waals surface area (Å²) in [6, 6.07) is 6.94. The molecule has 2 heterocycles. The zero-order valence-corrected chi connectivity index (χ0v) is 13.5. The van der Waals surface area contributed by atoms with Gasteiger partial charge < -0.3 is 5.73 Å². The van der Waals surface area contributed by atoms with E-state index in [1.807, 2.05) is 6.07 Å². The Kier molecular flexibility index (Phi) is 4.16. The summed E-state index contributed by atoms with van der Waals surface area (Å²) >= 11 is 0. The number of aromatic nitrogens is 1. The number of nitrogens with two attached hydrogens (primary N) is 1. The van der Waals surface area contributed by atoms with Gasteiger partial charge in [0, 0.05) is 42.3 Å². The Bertz CT molecular complexity index is 771. The molecule has 1 aliphatic rings. The number of pyridine rings is 1. The maximum Gasteiger partial charge on any atom is 0.243 e. The fourth-order valence-corrected chi connectivity index (χ4v) is 5.29. The monoisotopic (exact) mass is 319 g/mol. The Morgan fingerprint density at radius 1 is 1.36 bits per heavy atom. The molecule has 0 spiro atoms. The Balaban J connectivity index is 2.12. The Hall–Kier alpha value is -1.50. The molecule has 6 heteroatoms. The summed E-state index contributed by atoms with van der Waals surface area (Å²) in [5.41, 5.74) is 5.86. The van der Waals surface area contributed by atoms with Gasteiger partial charge in [-0.05, 0) is 30.9 Å². The van der Waals surface area contributed by atoms with Gasteiger partial charge in [-0.2, -0.15) is 4.31 Å². The van der Waals surface area contributed by atoms with Crippen LogP contribution in [0.3, 0.4) is 0 Å². The van der Waals surface area contributed by atoms with Gasteiger partial charge in [0.1, 0.15) is 0 Å². The average Bonchev–Trinajstić information content (AvgIpc) is 2.54. The highest BCUT2D eigenvalue weighted by molar-refractivity contribution is 7.89. The highest BCUT2D eigenvalue weighted by atomic mass is 32.2. The molecule has 1 saturated heterocycles. The van der Waals surface area contributed by atoms with Gasteiger partial charge in [-0.15, -0.1) is 0 Å². The first-order chi connectivity index (χ1) is 10.6. The molecule has 2 N–H and O–H groups in total. The van der Waals surface area contributed by atoms with E-state index in [9.17, 15) is 8.42 Å². The van der Waals surface area contributed by atoms with E-state index in [1.165, 1.54) is 0 Å². The number of hydrogen-bond donors (Lipinski definition) is 1. The van der Waals surface area contributed by atoms with Crippen molar-refractivity contribution < 1.29 is 8.42 Å². The quantitative estimate of drug-likeness (QED) is 0.938. The third-order valence-corrected chi connectivity index (χ3v) is 6.52. The second-order valence-corrected chi connectivity index (χ2v) is 7.75. The van der Waals surface area contributed by atoms with Crippen molar-refractivity contribution in [3.05, 3.63) is 36.7 Å². The van der Waals surface area contributed by atoms with E-state index < -0.39 is 10.0 Å². The van der Waals surface area contributed by atoms with Crippen molar-refractivity contribution in [2.24, 2.45) is 11.7 Å². The van der Waals surface area contributed by atoms with Crippen LogP contribution in [0.2, 0.25) is 0 Å². The van der Waals surface area contributed by atoms with Crippen LogP contribution in [-0.4, -0.2) is 36.8 Å². The van der Waals surface area contributed by atoms with Crippen LogP contribution in [0.4, 0.5) is 0 Å². The molecule has 1 aromatic heterocycles. The molecule has 1 fully saturated rings. The predicted molar refractivity (Wildman–Crippen MR) is 86.9 cm³/mol. The summed E-state index contributed by atoms with van der Waals surface area (Å²) in [5.74, 6) is 0.283. The normalized spacial score (nSPS) is 23.7. The number of benzene rings is 1. The minimum absolute atomic E-state index is 0.129. The first kappa shape index (κ1) is 15.4. The van der Waals surface area contributed by atoms with Crippen molar-refractivity contribution in [3.8, 4) is 0 Å². The maximum atomic E-state index is 13.2. The van der Waals surface area contributed by atoms with Crippen molar-refractivity contribution in [2.45, 2.75) is 30.7 Å². The second-order valence-electron chi connectivity index (χ2n) is 5.89. The van der Waals surface area contributed by atoms with Crippen LogP contribution in [0, 0.1) is 5.92 Å². The van der Waals surface area contributed by atoms with Gasteiger partial charge in [-0.25, -0.2) is 8.42 Å². The van der Waals surface area contributed by atoms with E-state index in [4.69, 9.17) is 5.73 Å². The van der Waals surface area contributed by atoms with E-state index in [0.717, 1.165) is 18.2 Å². The third-order valence-electron chi connectivity index (χ3n) is 4.53. The molecule has 0 amide bonds. The SMILES string of the molecule is C[C@@H]1CCCN(S(=O)(=O)c2cccc3cnccc23)[C@H]1CN. The summed E-state index contributed by atoms with van der Waals surface area (Å²) in [6.07, 6.45) is 5.21. The predicted octanol–water partition coefficient (Wildman–Crippen LogP) is 1.98. The molecular formula is C16H21N3O2S. The molecule has 2 aromatic rings. The molecule has 0 radical (unpaired) electrons. The Morgan fingerprint density at radius 3 is 2.95 bits per heavy atom. The Labute approximate surface area is 131 Å². The molecule has 1 aromatic carbocycles. The molecular weight excluding hydrogens is 298 g/mol. The van der Waals surface area contributed by atoms with Gasteiger partial charge in [0.05, 0.1) is 4.90 Å². The maximum absolute atomic E-state index is 13.2. The lowest BCUT2D eigenvalue weighted by molar-refractivity contribution is 0.192. The molecule has 1 aliphatic heterocycles. The van der Waals surface area contributed by atoms with Crippen LogP contribution in [0.15, 0.2) is 41.6 Å². The van der Waals surface area contributed by atoms with Crippen LogP contribution < -0.4 is 5.73 Å². The summed E-state index contributed by atoms with van der Waals surface area (Å²) in [4.78, 5) is 4.41. The number of sulfonamides is 1. The third kappa shape index (κ3) is 2.51. The van der Waals surface area contributed by atoms with Crippen molar-refractivity contribution in [1.29, 1.82) is 0 Å². The molecule has 2 atom stereocenters. The minimum Gasteiger partial charge on any atom is -0.329 e. The summed E-state index contributed by atoms with van der Waals surface area (Å²) in [6.45, 7) is 2.97. The zero-order chi connectivity index (χ0) is 15.7. The number of fused-ring (bicyclic) bond motifs is 1. The minimum atomic E-state index is -3.56. The van der Waals surface area contributed by atoms with Gasteiger partial charge in [-0.3, -0.25) is 4.98 Å². The number of nitrogens with zero attached hydrogens (tertiary/aromatic N) is 2. The van der Waals surface area contributed by atoms with Gasteiger partial charge in [-0.1, -0.05) is 19.1 Å². The summed E-state index contributed by atoms with van der Waals surface area (Å²) < 4.78 is 27.9. The van der Waals surface area contributed by atoms with Crippen LogP contribution in [0.25, 0.3) is 10.8 Å². The van der Waals surface area contributed by atoms with E-state index in [-0.39, 0.29) is 12.0 Å². The van der Waals surface area contributed by atoms with Crippen molar-refractivity contribution >= 4 is 20.8 Å². The topological polar surface area (TPSA) is 76.3 Å². The van der Waals surface area contributed by atoms with Crippen LogP contribution in [0.5, 0.6) is 0 Å². The van der Waals surface area contributed by atoms with E-state index in [1.54, 1.807) is 34.9 Å². The van der Waals surface area contributed by atoms with E-state index in [0.29, 0.717) is 23.4 Å². The second kappa shape index (κ2) is 5.95. The molecule has 0 saturated carbocycles. The van der Waals surface area contributed by atoms with Crippen molar-refractivity contribution in [3.63, 3.8) is 0 Å². The standard InChI is InChI=1S/C16H21N3O2S/c1-12-4-3-9-19(15(12)10-17)22(20,21)16-6-2-5-13-11-18-8-7-14(13)16/h2,5-8,11-12,15H,3-4,9-10,17H2,1H3/t12-,15+/m1/s1. The first-order valence-corrected chi connectivity index (χ1v) is 9.04. The number of hydrogen-bond acceptors (Lipinski definition) is 4. The molecule has 3 rings (SSSR count). The number of piperidine rings is 1. The van der Waals surface area contributed by atoms with Crippen LogP contribution in [0.1, 0.15) is 19.8 Å². The Morgan fingerprint density at radius 2 is 2.18 bits per heavy atom. The van der Waals surface area contributed by atoms with Crippen LogP contribution in [-0.2, 0) is 10.0 Å². The molecule has 0 unspecified atom stereocenters. The molecule has 22 heavy (non-hydrogen) atoms. The lowest BCUT2D eigenvalue weighted by Crippen LogP contribution is -2.51. The smallest absolute Gasteiger partial charge is 0.243 e. The van der Waals surface area contributed by atoms with Crippen LogP contribution >= 0.6 is 0 Å². The zero-order valence-electron chi connectivity index (χ0n) is 12.6. The summed E-state index contributed by atoms with van der Waals surface area (Å²) in [5, 5.41) is 1.55. The van der Waals surface area contributed by atoms with Gasteiger partial charge >= 0.3 is 0 Å². The summed E-state index contributed by atoms with van der Waals surface area (Å²) in [7, 11) is -3.56. The van der Waals surface area contributed by atoms with Gasteiger partial charge in [0.15, 0.2) is 0 Å². The molecule has 118 valence electrons. The molecule has 5 nitrogen and oxygen atoms in total. The lowest BCUT2D eigenvalue weighted by Gasteiger charge is -2.38. The highest BCUT2D eigenvalue weighted by Crippen LogP contribution is 2.31. The fourth-order valence-electron chi connectivity index (χ4n) is 3.30. The largest absolute Gasteiger partial charge is 0.329 e. The number of rotatable bonds is 3. The van der Waals surface area contributed by atoms with E-state index in [2.05, 4.69) is 11.9 Å². The van der Waals surface area contributed by atoms with Gasteiger partial charge in [0.2, 0.25) is 10.0 Å². The molecule has 0 bridgehead atoms. The van der Waals surface area contributed by atoms with Crippen molar-refractivity contribution in [2.75, 3.05) is 13.1 Å².